The molecule has 0 N–H and O–H groups in total. The zero-order valence-corrected chi connectivity index (χ0v) is 16.5. The van der Waals surface area contributed by atoms with Crippen molar-refractivity contribution in [2.24, 2.45) is 0 Å². The number of hydrogen-bond donors (Lipinski definition) is 0. The summed E-state index contributed by atoms with van der Waals surface area (Å²) in [5.74, 6) is 0. The van der Waals surface area contributed by atoms with Gasteiger partial charge in [-0.25, -0.2) is 0 Å². The van der Waals surface area contributed by atoms with Crippen LogP contribution in [0.15, 0.2) is 12.2 Å². The lowest BCUT2D eigenvalue weighted by Crippen LogP contribution is -2.51. The third kappa shape index (κ3) is 5.61. The molecule has 0 heterocycles. The van der Waals surface area contributed by atoms with Gasteiger partial charge in [-0.3, -0.25) is 4.79 Å². The van der Waals surface area contributed by atoms with Crippen molar-refractivity contribution in [2.75, 3.05) is 20.5 Å². The number of aldehydes is 1. The van der Waals surface area contributed by atoms with Crippen molar-refractivity contribution in [2.45, 2.75) is 70.7 Å². The molecule has 0 radical (unpaired) electrons. The number of hydrogen-bond acceptors (Lipinski definition) is 4. The summed E-state index contributed by atoms with van der Waals surface area (Å²) in [4.78, 5) is 10.6. The summed E-state index contributed by atoms with van der Waals surface area (Å²) >= 11 is 0. The molecule has 0 bridgehead atoms. The predicted molar refractivity (Wildman–Crippen MR) is 93.6 cm³/mol. The van der Waals surface area contributed by atoms with Crippen LogP contribution in [0.4, 0.5) is 0 Å². The van der Waals surface area contributed by atoms with E-state index in [4.69, 9.17) is 13.9 Å². The predicted octanol–water partition coefficient (Wildman–Crippen LogP) is 4.31. The Morgan fingerprint density at radius 3 is 1.91 bits per heavy atom. The highest BCUT2D eigenvalue weighted by molar-refractivity contribution is 6.77. The number of carbonyl (C=O) groups is 1. The molecule has 0 saturated carbocycles. The van der Waals surface area contributed by atoms with Crippen LogP contribution in [0.1, 0.15) is 48.5 Å². The minimum absolute atomic E-state index is 0.169. The fourth-order valence-electron chi connectivity index (χ4n) is 3.34. The summed E-state index contributed by atoms with van der Waals surface area (Å²) in [5.41, 5.74) is 0.867. The van der Waals surface area contributed by atoms with Crippen LogP contribution in [-0.4, -0.2) is 40.7 Å². The van der Waals surface area contributed by atoms with Crippen molar-refractivity contribution in [3.63, 3.8) is 0 Å². The van der Waals surface area contributed by atoms with Crippen molar-refractivity contribution in [1.82, 2.24) is 0 Å². The second-order valence-electron chi connectivity index (χ2n) is 6.97. The van der Waals surface area contributed by atoms with Gasteiger partial charge in [0.1, 0.15) is 18.7 Å². The molecule has 0 aromatic rings. The summed E-state index contributed by atoms with van der Waals surface area (Å²) in [6, 6.07) is 0. The summed E-state index contributed by atoms with van der Waals surface area (Å²) in [5, 5.41) is 0. The van der Waals surface area contributed by atoms with E-state index in [1.807, 2.05) is 6.92 Å². The van der Waals surface area contributed by atoms with E-state index >= 15 is 0 Å². The SMILES string of the molecule is COCO[C@@](C)(/C=C/C=O)CO[Si](C(C)C)(C(C)C)C(C)C. The normalized spacial score (nSPS) is 16.0. The minimum Gasteiger partial charge on any atom is -0.413 e. The Hall–Kier alpha value is -0.493. The molecule has 22 heavy (non-hydrogen) atoms. The summed E-state index contributed by atoms with van der Waals surface area (Å²) in [6.07, 6.45) is 3.97. The zero-order valence-electron chi connectivity index (χ0n) is 15.5. The fraction of sp³-hybridized carbons (Fsp3) is 0.824. The number of ether oxygens (including phenoxy) is 2. The highest BCUT2D eigenvalue weighted by Gasteiger charge is 2.46. The lowest BCUT2D eigenvalue weighted by Gasteiger charge is -2.44. The number of rotatable bonds is 11. The molecular weight excluding hydrogens is 296 g/mol. The van der Waals surface area contributed by atoms with Gasteiger partial charge >= 0.3 is 0 Å². The Labute approximate surface area is 137 Å². The molecule has 0 rings (SSSR count). The van der Waals surface area contributed by atoms with Gasteiger partial charge in [-0.2, -0.15) is 0 Å². The van der Waals surface area contributed by atoms with Gasteiger partial charge in [-0.05, 0) is 35.7 Å². The molecule has 1 atom stereocenters. The van der Waals surface area contributed by atoms with E-state index in [9.17, 15) is 4.79 Å². The third-order valence-corrected chi connectivity index (χ3v) is 10.4. The molecule has 0 aliphatic carbocycles. The van der Waals surface area contributed by atoms with Gasteiger partial charge in [0.25, 0.3) is 0 Å². The van der Waals surface area contributed by atoms with Crippen LogP contribution < -0.4 is 0 Å². The largest absolute Gasteiger partial charge is 0.413 e. The Kier molecular flexibility index (Phi) is 9.39. The number of allylic oxidation sites excluding steroid dienone is 1. The van der Waals surface area contributed by atoms with E-state index in [-0.39, 0.29) is 6.79 Å². The lowest BCUT2D eigenvalue weighted by atomic mass is 10.1. The standard InChI is InChI=1S/C17H34O4Si/c1-14(2)22(15(3)4,16(5)6)21-12-17(7,10-9-11-18)20-13-19-8/h9-11,14-16H,12-13H2,1-8H3/b10-9+/t17-/m0/s1. The molecule has 0 aliphatic rings. The Morgan fingerprint density at radius 1 is 1.05 bits per heavy atom. The van der Waals surface area contributed by atoms with Crippen LogP contribution in [0.25, 0.3) is 0 Å². The molecule has 0 unspecified atom stereocenters. The molecule has 0 spiro atoms. The smallest absolute Gasteiger partial charge is 0.200 e. The van der Waals surface area contributed by atoms with E-state index in [0.717, 1.165) is 6.29 Å². The molecule has 130 valence electrons. The number of carbonyl (C=O) groups excluding carboxylic acids is 1. The van der Waals surface area contributed by atoms with Gasteiger partial charge in [0.15, 0.2) is 8.32 Å². The first kappa shape index (κ1) is 21.5. The molecule has 0 aliphatic heterocycles. The maximum absolute atomic E-state index is 10.6. The summed E-state index contributed by atoms with van der Waals surface area (Å²) < 4.78 is 17.3. The molecule has 0 fully saturated rings. The number of methoxy groups -OCH3 is 1. The molecular formula is C17H34O4Si. The van der Waals surface area contributed by atoms with Crippen molar-refractivity contribution in [3.8, 4) is 0 Å². The Balaban J connectivity index is 5.27. The second-order valence-corrected chi connectivity index (χ2v) is 12.4. The zero-order chi connectivity index (χ0) is 17.4. The average Bonchev–Trinajstić information content (AvgIpc) is 2.42. The van der Waals surface area contributed by atoms with Crippen LogP contribution in [-0.2, 0) is 18.7 Å². The van der Waals surface area contributed by atoms with Gasteiger partial charge in [-0.15, -0.1) is 0 Å². The van der Waals surface area contributed by atoms with Crippen LogP contribution in [0.2, 0.25) is 16.6 Å². The monoisotopic (exact) mass is 330 g/mol. The maximum Gasteiger partial charge on any atom is 0.200 e. The van der Waals surface area contributed by atoms with Gasteiger partial charge in [0, 0.05) is 7.11 Å². The van der Waals surface area contributed by atoms with Crippen LogP contribution >= 0.6 is 0 Å². The Morgan fingerprint density at radius 2 is 1.55 bits per heavy atom. The van der Waals surface area contributed by atoms with Crippen LogP contribution in [0, 0.1) is 0 Å². The molecule has 5 heteroatoms. The van der Waals surface area contributed by atoms with Crippen molar-refractivity contribution in [1.29, 1.82) is 0 Å². The van der Waals surface area contributed by atoms with Crippen LogP contribution in [0.3, 0.4) is 0 Å². The van der Waals surface area contributed by atoms with Gasteiger partial charge < -0.3 is 13.9 Å². The molecule has 0 aromatic carbocycles. The van der Waals surface area contributed by atoms with E-state index in [2.05, 4.69) is 41.5 Å². The van der Waals surface area contributed by atoms with Crippen LogP contribution in [0.5, 0.6) is 0 Å². The van der Waals surface area contributed by atoms with Crippen molar-refractivity contribution >= 4 is 14.6 Å². The van der Waals surface area contributed by atoms with E-state index in [1.54, 1.807) is 13.2 Å². The van der Waals surface area contributed by atoms with Crippen molar-refractivity contribution < 1.29 is 18.7 Å². The topological polar surface area (TPSA) is 44.8 Å². The minimum atomic E-state index is -1.96. The summed E-state index contributed by atoms with van der Waals surface area (Å²) in [7, 11) is -0.375. The van der Waals surface area contributed by atoms with E-state index < -0.39 is 13.9 Å². The lowest BCUT2D eigenvalue weighted by molar-refractivity contribution is -0.116. The third-order valence-electron chi connectivity index (χ3n) is 4.35. The molecule has 0 amide bonds. The first-order valence-corrected chi connectivity index (χ1v) is 10.2. The molecule has 4 nitrogen and oxygen atoms in total. The maximum atomic E-state index is 10.6. The quantitative estimate of drug-likeness (QED) is 0.245. The van der Waals surface area contributed by atoms with Gasteiger partial charge in [-0.1, -0.05) is 41.5 Å². The molecule has 0 aromatic heterocycles. The fourth-order valence-corrected chi connectivity index (χ4v) is 8.88. The summed E-state index contributed by atoms with van der Waals surface area (Å²) in [6.45, 7) is 16.0. The van der Waals surface area contributed by atoms with E-state index in [1.165, 1.54) is 6.08 Å². The highest BCUT2D eigenvalue weighted by atomic mass is 28.4. The first-order valence-electron chi connectivity index (χ1n) is 8.06. The molecule has 0 saturated heterocycles. The Bertz CT molecular complexity index is 331. The second kappa shape index (κ2) is 9.60. The van der Waals surface area contributed by atoms with E-state index in [0.29, 0.717) is 23.2 Å². The van der Waals surface area contributed by atoms with Crippen molar-refractivity contribution in [3.05, 3.63) is 12.2 Å². The first-order chi connectivity index (χ1) is 10.2. The highest BCUT2D eigenvalue weighted by Crippen LogP contribution is 2.42. The average molecular weight is 331 g/mol. The van der Waals surface area contributed by atoms with Gasteiger partial charge in [0.05, 0.1) is 6.61 Å². The van der Waals surface area contributed by atoms with Gasteiger partial charge in [0.2, 0.25) is 0 Å².